The molecule has 4 rings (SSSR count). The molecule has 1 aromatic heterocycles. The van der Waals surface area contributed by atoms with E-state index in [9.17, 15) is 9.59 Å². The molecule has 2 unspecified atom stereocenters. The van der Waals surface area contributed by atoms with Crippen LogP contribution in [0.2, 0.25) is 0 Å². The topological polar surface area (TPSA) is 78.2 Å². The fourth-order valence-electron chi connectivity index (χ4n) is 3.83. The highest BCUT2D eigenvalue weighted by molar-refractivity contribution is 5.79. The third-order valence-electron chi connectivity index (χ3n) is 5.00. The van der Waals surface area contributed by atoms with E-state index in [4.69, 9.17) is 18.6 Å². The molecule has 2 atom stereocenters. The zero-order valence-corrected chi connectivity index (χ0v) is 15.3. The van der Waals surface area contributed by atoms with E-state index < -0.39 is 11.2 Å². The van der Waals surface area contributed by atoms with E-state index in [1.54, 1.807) is 29.2 Å². The molecule has 2 saturated heterocycles. The Balaban J connectivity index is 1.42. The van der Waals surface area contributed by atoms with Crippen molar-refractivity contribution in [2.75, 3.05) is 32.9 Å². The Bertz CT molecular complexity index is 885. The zero-order valence-electron chi connectivity index (χ0n) is 15.3. The van der Waals surface area contributed by atoms with E-state index in [2.05, 4.69) is 0 Å². The number of morpholine rings is 1. The van der Waals surface area contributed by atoms with Crippen molar-refractivity contribution < 1.29 is 23.4 Å². The molecule has 7 nitrogen and oxygen atoms in total. The molecule has 0 aliphatic carbocycles. The maximum Gasteiger partial charge on any atom is 0.336 e. The second kappa shape index (κ2) is 7.32. The Labute approximate surface area is 156 Å². The minimum atomic E-state index is -0.418. The fraction of sp³-hybridized carbons (Fsp3) is 0.500. The van der Waals surface area contributed by atoms with Gasteiger partial charge in [0.15, 0.2) is 6.61 Å². The molecule has 1 amide bonds. The number of benzene rings is 1. The molecule has 1 aromatic carbocycles. The van der Waals surface area contributed by atoms with Gasteiger partial charge in [-0.3, -0.25) is 4.79 Å². The van der Waals surface area contributed by atoms with Gasteiger partial charge in [0.05, 0.1) is 19.3 Å². The van der Waals surface area contributed by atoms with Crippen LogP contribution in [0.3, 0.4) is 0 Å². The van der Waals surface area contributed by atoms with Crippen LogP contribution in [-0.2, 0) is 14.3 Å². The molecule has 27 heavy (non-hydrogen) atoms. The van der Waals surface area contributed by atoms with Crippen LogP contribution in [-0.4, -0.2) is 55.4 Å². The van der Waals surface area contributed by atoms with Crippen LogP contribution in [0.4, 0.5) is 0 Å². The Morgan fingerprint density at radius 3 is 3.00 bits per heavy atom. The van der Waals surface area contributed by atoms with Gasteiger partial charge >= 0.3 is 5.63 Å². The lowest BCUT2D eigenvalue weighted by atomic mass is 9.93. The minimum Gasteiger partial charge on any atom is -0.484 e. The summed E-state index contributed by atoms with van der Waals surface area (Å²) in [5.74, 6) is 0.395. The highest BCUT2D eigenvalue weighted by atomic mass is 16.6. The first-order chi connectivity index (χ1) is 13.0. The summed E-state index contributed by atoms with van der Waals surface area (Å²) in [6.45, 7) is 4.22. The fourth-order valence-corrected chi connectivity index (χ4v) is 3.83. The summed E-state index contributed by atoms with van der Waals surface area (Å²) in [4.78, 5) is 25.8. The molecule has 2 fully saturated rings. The first kappa shape index (κ1) is 18.0. The van der Waals surface area contributed by atoms with E-state index in [-0.39, 0.29) is 18.6 Å². The molecule has 7 heteroatoms. The summed E-state index contributed by atoms with van der Waals surface area (Å²) in [6, 6.07) is 8.24. The first-order valence-corrected chi connectivity index (χ1v) is 9.23. The van der Waals surface area contributed by atoms with Gasteiger partial charge in [-0.05, 0) is 38.0 Å². The molecule has 144 valence electrons. The van der Waals surface area contributed by atoms with E-state index in [0.717, 1.165) is 24.8 Å². The molecule has 2 aliphatic heterocycles. The summed E-state index contributed by atoms with van der Waals surface area (Å²) < 4.78 is 22.5. The van der Waals surface area contributed by atoms with Crippen molar-refractivity contribution in [2.24, 2.45) is 0 Å². The van der Waals surface area contributed by atoms with Gasteiger partial charge in [0, 0.05) is 30.7 Å². The molecule has 2 aliphatic rings. The smallest absolute Gasteiger partial charge is 0.336 e. The van der Waals surface area contributed by atoms with Crippen LogP contribution in [0.25, 0.3) is 11.0 Å². The Kier molecular flexibility index (Phi) is 4.88. The SMILES string of the molecule is CC1CN(C(=O)COc2ccc3ccc(=O)oc3c2)CC2(CCCOC2)O1. The summed E-state index contributed by atoms with van der Waals surface area (Å²) in [7, 11) is 0. The van der Waals surface area contributed by atoms with Gasteiger partial charge < -0.3 is 23.5 Å². The average Bonchev–Trinajstić information content (AvgIpc) is 2.65. The number of ether oxygens (including phenoxy) is 3. The van der Waals surface area contributed by atoms with Gasteiger partial charge in [-0.25, -0.2) is 4.79 Å². The normalized spacial score (nSPS) is 25.7. The maximum absolute atomic E-state index is 12.7. The van der Waals surface area contributed by atoms with Crippen molar-refractivity contribution in [3.63, 3.8) is 0 Å². The van der Waals surface area contributed by atoms with Gasteiger partial charge in [0.2, 0.25) is 0 Å². The third kappa shape index (κ3) is 3.99. The van der Waals surface area contributed by atoms with Crippen LogP contribution in [0, 0.1) is 0 Å². The number of hydrogen-bond acceptors (Lipinski definition) is 6. The van der Waals surface area contributed by atoms with E-state index in [1.165, 1.54) is 6.07 Å². The predicted molar refractivity (Wildman–Crippen MR) is 97.9 cm³/mol. The summed E-state index contributed by atoms with van der Waals surface area (Å²) >= 11 is 0. The standard InChI is InChI=1S/C20H23NO6/c1-14-10-21(12-20(27-14)7-2-8-24-13-20)18(22)11-25-16-5-3-15-4-6-19(23)26-17(15)9-16/h3-6,9,14H,2,7-8,10-13H2,1H3. The van der Waals surface area contributed by atoms with Crippen molar-refractivity contribution in [1.29, 1.82) is 0 Å². The van der Waals surface area contributed by atoms with E-state index in [0.29, 0.717) is 31.0 Å². The summed E-state index contributed by atoms with van der Waals surface area (Å²) in [5.41, 5.74) is -0.387. The van der Waals surface area contributed by atoms with Gasteiger partial charge in [-0.1, -0.05) is 0 Å². The van der Waals surface area contributed by atoms with Gasteiger partial charge in [0.25, 0.3) is 5.91 Å². The van der Waals surface area contributed by atoms with Gasteiger partial charge in [-0.15, -0.1) is 0 Å². The monoisotopic (exact) mass is 373 g/mol. The molecule has 0 saturated carbocycles. The quantitative estimate of drug-likeness (QED) is 0.766. The highest BCUT2D eigenvalue weighted by Crippen LogP contribution is 2.30. The first-order valence-electron chi connectivity index (χ1n) is 9.23. The van der Waals surface area contributed by atoms with E-state index in [1.807, 2.05) is 6.92 Å². The van der Waals surface area contributed by atoms with Crippen LogP contribution in [0.1, 0.15) is 19.8 Å². The molecule has 0 radical (unpaired) electrons. The molecular weight excluding hydrogens is 350 g/mol. The van der Waals surface area contributed by atoms with Crippen LogP contribution in [0.5, 0.6) is 5.75 Å². The largest absolute Gasteiger partial charge is 0.484 e. The maximum atomic E-state index is 12.7. The number of nitrogens with zero attached hydrogens (tertiary/aromatic N) is 1. The summed E-state index contributed by atoms with van der Waals surface area (Å²) in [6.07, 6.45) is 1.79. The minimum absolute atomic E-state index is 0.0423. The van der Waals surface area contributed by atoms with Crippen molar-refractivity contribution in [2.45, 2.75) is 31.5 Å². The van der Waals surface area contributed by atoms with Gasteiger partial charge in [0.1, 0.15) is 16.9 Å². The van der Waals surface area contributed by atoms with Gasteiger partial charge in [-0.2, -0.15) is 0 Å². The Morgan fingerprint density at radius 1 is 1.33 bits per heavy atom. The van der Waals surface area contributed by atoms with Crippen molar-refractivity contribution >= 4 is 16.9 Å². The Morgan fingerprint density at radius 2 is 2.19 bits per heavy atom. The zero-order chi connectivity index (χ0) is 18.9. The van der Waals surface area contributed by atoms with Crippen molar-refractivity contribution in [3.05, 3.63) is 40.8 Å². The summed E-state index contributed by atoms with van der Waals surface area (Å²) in [5, 5.41) is 0.800. The lowest BCUT2D eigenvalue weighted by Crippen LogP contribution is -2.60. The predicted octanol–water partition coefficient (Wildman–Crippen LogP) is 1.97. The van der Waals surface area contributed by atoms with Crippen LogP contribution >= 0.6 is 0 Å². The molecule has 3 heterocycles. The molecule has 0 bridgehead atoms. The second-order valence-electron chi connectivity index (χ2n) is 7.28. The molecular formula is C20H23NO6. The number of carbonyl (C=O) groups excluding carboxylic acids is 1. The van der Waals surface area contributed by atoms with Crippen molar-refractivity contribution in [3.8, 4) is 5.75 Å². The molecule has 2 aromatic rings. The lowest BCUT2D eigenvalue weighted by molar-refractivity contribution is -0.199. The molecule has 0 N–H and O–H groups in total. The van der Waals surface area contributed by atoms with Crippen molar-refractivity contribution in [1.82, 2.24) is 4.90 Å². The third-order valence-corrected chi connectivity index (χ3v) is 5.00. The number of hydrogen-bond donors (Lipinski definition) is 0. The number of fused-ring (bicyclic) bond motifs is 1. The van der Waals surface area contributed by atoms with E-state index >= 15 is 0 Å². The van der Waals surface area contributed by atoms with Crippen LogP contribution in [0.15, 0.2) is 39.5 Å². The van der Waals surface area contributed by atoms with Crippen LogP contribution < -0.4 is 10.4 Å². The molecule has 1 spiro atoms. The number of rotatable bonds is 3. The highest BCUT2D eigenvalue weighted by Gasteiger charge is 2.42. The number of amides is 1. The second-order valence-corrected chi connectivity index (χ2v) is 7.28. The lowest BCUT2D eigenvalue weighted by Gasteiger charge is -2.47. The number of carbonyl (C=O) groups is 1. The Hall–Kier alpha value is -2.38. The average molecular weight is 373 g/mol.